The lowest BCUT2D eigenvalue weighted by atomic mass is 10.1. The Labute approximate surface area is 209 Å². The fourth-order valence-corrected chi connectivity index (χ4v) is 4.47. The number of imide groups is 1. The van der Waals surface area contributed by atoms with E-state index in [0.29, 0.717) is 33.6 Å². The molecule has 8 heteroatoms. The number of hydrogen-bond acceptors (Lipinski definition) is 5. The Bertz CT molecular complexity index is 1210. The summed E-state index contributed by atoms with van der Waals surface area (Å²) in [5.41, 5.74) is 2.46. The smallest absolute Gasteiger partial charge is 0.293 e. The lowest BCUT2D eigenvalue weighted by molar-refractivity contribution is -0.123. The van der Waals surface area contributed by atoms with Crippen LogP contribution in [0.3, 0.4) is 0 Å². The second-order valence-corrected chi connectivity index (χ2v) is 9.53. The van der Waals surface area contributed by atoms with Gasteiger partial charge in [0, 0.05) is 15.1 Å². The van der Waals surface area contributed by atoms with E-state index in [-0.39, 0.29) is 17.7 Å². The Morgan fingerprint density at radius 2 is 1.70 bits per heavy atom. The van der Waals surface area contributed by atoms with Crippen molar-refractivity contribution in [2.24, 2.45) is 0 Å². The van der Waals surface area contributed by atoms with Crippen LogP contribution in [0.5, 0.6) is 11.5 Å². The van der Waals surface area contributed by atoms with Gasteiger partial charge in [0.15, 0.2) is 11.5 Å². The summed E-state index contributed by atoms with van der Waals surface area (Å²) in [4.78, 5) is 27.1. The average molecular weight is 545 g/mol. The molecule has 3 aromatic rings. The number of carbonyl (C=O) groups is 2. The molecule has 33 heavy (non-hydrogen) atoms. The number of nitrogens with zero attached hydrogens (tertiary/aromatic N) is 1. The lowest BCUT2D eigenvalue weighted by Crippen LogP contribution is -2.27. The number of para-hydroxylation sites is 1. The van der Waals surface area contributed by atoms with Crippen molar-refractivity contribution in [3.63, 3.8) is 0 Å². The first kappa shape index (κ1) is 23.4. The van der Waals surface area contributed by atoms with Gasteiger partial charge in [0.1, 0.15) is 6.61 Å². The lowest BCUT2D eigenvalue weighted by Gasteiger charge is -2.14. The maximum absolute atomic E-state index is 13.0. The van der Waals surface area contributed by atoms with E-state index in [9.17, 15) is 9.59 Å². The molecule has 1 aliphatic heterocycles. The Hall–Kier alpha value is -2.74. The molecule has 0 unspecified atom stereocenters. The highest BCUT2D eigenvalue weighted by molar-refractivity contribution is 9.10. The predicted molar refractivity (Wildman–Crippen MR) is 134 cm³/mol. The van der Waals surface area contributed by atoms with Gasteiger partial charge in [-0.05, 0) is 59.3 Å². The summed E-state index contributed by atoms with van der Waals surface area (Å²) in [5.74, 6) is 0.695. The Kier molecular flexibility index (Phi) is 7.42. The molecule has 168 valence electrons. The van der Waals surface area contributed by atoms with Crippen LogP contribution in [0, 0.1) is 0 Å². The molecule has 0 bridgehead atoms. The Morgan fingerprint density at radius 1 is 1.00 bits per heavy atom. The van der Waals surface area contributed by atoms with E-state index in [1.165, 1.54) is 4.90 Å². The number of halogens is 2. The molecule has 2 amide bonds. The summed E-state index contributed by atoms with van der Waals surface area (Å²) in [6.07, 6.45) is 1.67. The normalized spacial score (nSPS) is 14.8. The van der Waals surface area contributed by atoms with Gasteiger partial charge in [-0.15, -0.1) is 0 Å². The van der Waals surface area contributed by atoms with E-state index in [1.54, 1.807) is 31.4 Å². The Morgan fingerprint density at radius 3 is 2.39 bits per heavy atom. The van der Waals surface area contributed by atoms with Crippen molar-refractivity contribution in [1.29, 1.82) is 0 Å². The molecule has 1 aliphatic rings. The summed E-state index contributed by atoms with van der Waals surface area (Å²) in [6.45, 7) is 0.511. The molecule has 0 N–H and O–H groups in total. The van der Waals surface area contributed by atoms with Gasteiger partial charge in [-0.25, -0.2) is 0 Å². The molecule has 0 atom stereocenters. The highest BCUT2D eigenvalue weighted by Gasteiger charge is 2.35. The number of carbonyl (C=O) groups excluding carboxylic acids is 2. The van der Waals surface area contributed by atoms with Gasteiger partial charge < -0.3 is 9.47 Å². The van der Waals surface area contributed by atoms with Gasteiger partial charge in [0.05, 0.1) is 18.6 Å². The van der Waals surface area contributed by atoms with Crippen molar-refractivity contribution in [2.45, 2.75) is 13.2 Å². The third kappa shape index (κ3) is 5.61. The maximum atomic E-state index is 13.0. The van der Waals surface area contributed by atoms with E-state index < -0.39 is 0 Å². The topological polar surface area (TPSA) is 55.8 Å². The van der Waals surface area contributed by atoms with Crippen molar-refractivity contribution in [3.05, 3.63) is 97.8 Å². The zero-order chi connectivity index (χ0) is 23.4. The zero-order valence-corrected chi connectivity index (χ0v) is 20.7. The first-order chi connectivity index (χ1) is 15.9. The predicted octanol–water partition coefficient (Wildman–Crippen LogP) is 6.93. The van der Waals surface area contributed by atoms with Gasteiger partial charge in [0.2, 0.25) is 0 Å². The van der Waals surface area contributed by atoms with Crippen LogP contribution < -0.4 is 9.47 Å². The summed E-state index contributed by atoms with van der Waals surface area (Å²) in [7, 11) is 1.56. The van der Waals surface area contributed by atoms with Crippen LogP contribution in [-0.2, 0) is 17.9 Å². The number of hydrogen-bond donors (Lipinski definition) is 0. The molecule has 1 saturated heterocycles. The second kappa shape index (κ2) is 10.5. The SMILES string of the molecule is COc1cccc(/C=C2/SC(=O)N(Cc3ccc(Br)cc3)C2=O)c1OCc1ccc(Cl)cc1. The zero-order valence-electron chi connectivity index (χ0n) is 17.6. The number of rotatable bonds is 7. The molecule has 0 radical (unpaired) electrons. The van der Waals surface area contributed by atoms with E-state index in [1.807, 2.05) is 48.5 Å². The Balaban J connectivity index is 1.57. The minimum Gasteiger partial charge on any atom is -0.493 e. The van der Waals surface area contributed by atoms with Crippen molar-refractivity contribution < 1.29 is 19.1 Å². The van der Waals surface area contributed by atoms with Gasteiger partial charge in [-0.1, -0.05) is 63.9 Å². The number of thioether (sulfide) groups is 1. The van der Waals surface area contributed by atoms with Gasteiger partial charge in [-0.3, -0.25) is 14.5 Å². The van der Waals surface area contributed by atoms with Crippen LogP contribution >= 0.6 is 39.3 Å². The van der Waals surface area contributed by atoms with Crippen LogP contribution in [0.1, 0.15) is 16.7 Å². The molecule has 0 saturated carbocycles. The summed E-state index contributed by atoms with van der Waals surface area (Å²) < 4.78 is 12.5. The largest absolute Gasteiger partial charge is 0.493 e. The van der Waals surface area contributed by atoms with Crippen molar-refractivity contribution >= 4 is 56.5 Å². The molecular weight excluding hydrogens is 526 g/mol. The highest BCUT2D eigenvalue weighted by atomic mass is 79.9. The van der Waals surface area contributed by atoms with Crippen molar-refractivity contribution in [3.8, 4) is 11.5 Å². The number of ether oxygens (including phenoxy) is 2. The molecular formula is C25H19BrClNO4S. The fraction of sp³-hybridized carbons (Fsp3) is 0.120. The van der Waals surface area contributed by atoms with E-state index in [4.69, 9.17) is 21.1 Å². The van der Waals surface area contributed by atoms with Crippen LogP contribution in [0.15, 0.2) is 76.1 Å². The summed E-state index contributed by atoms with van der Waals surface area (Å²) in [6, 6.07) is 20.3. The number of methoxy groups -OCH3 is 1. The third-order valence-corrected chi connectivity index (χ3v) is 6.63. The standard InChI is InChI=1S/C25H19BrClNO4S/c1-31-21-4-2-3-18(23(21)32-15-17-7-11-20(27)12-8-17)13-22-24(29)28(25(30)33-22)14-16-5-9-19(26)10-6-16/h2-13H,14-15H2,1H3/b22-13+. The maximum Gasteiger partial charge on any atom is 0.293 e. The first-order valence-electron chi connectivity index (χ1n) is 9.98. The van der Waals surface area contributed by atoms with E-state index in [2.05, 4.69) is 15.9 Å². The fourth-order valence-electron chi connectivity index (χ4n) is 3.25. The molecule has 1 fully saturated rings. The summed E-state index contributed by atoms with van der Waals surface area (Å²) in [5, 5.41) is 0.344. The van der Waals surface area contributed by atoms with Crippen LogP contribution in [0.4, 0.5) is 4.79 Å². The van der Waals surface area contributed by atoms with Crippen molar-refractivity contribution in [2.75, 3.05) is 7.11 Å². The monoisotopic (exact) mass is 543 g/mol. The second-order valence-electron chi connectivity index (χ2n) is 7.19. The first-order valence-corrected chi connectivity index (χ1v) is 12.0. The number of amides is 2. The number of benzene rings is 3. The quantitative estimate of drug-likeness (QED) is 0.302. The molecule has 0 spiro atoms. The molecule has 3 aromatic carbocycles. The molecule has 1 heterocycles. The van der Waals surface area contributed by atoms with Crippen molar-refractivity contribution in [1.82, 2.24) is 4.90 Å². The molecule has 0 aliphatic carbocycles. The molecule has 4 rings (SSSR count). The molecule has 5 nitrogen and oxygen atoms in total. The van der Waals surface area contributed by atoms with Crippen LogP contribution in [-0.4, -0.2) is 23.2 Å². The average Bonchev–Trinajstić information content (AvgIpc) is 3.07. The van der Waals surface area contributed by atoms with Crippen LogP contribution in [0.25, 0.3) is 6.08 Å². The van der Waals surface area contributed by atoms with Gasteiger partial charge in [0.25, 0.3) is 11.1 Å². The van der Waals surface area contributed by atoms with E-state index in [0.717, 1.165) is 27.4 Å². The molecule has 0 aromatic heterocycles. The minimum atomic E-state index is -0.334. The third-order valence-electron chi connectivity index (χ3n) is 4.94. The van der Waals surface area contributed by atoms with Gasteiger partial charge >= 0.3 is 0 Å². The highest BCUT2D eigenvalue weighted by Crippen LogP contribution is 2.38. The minimum absolute atomic E-state index is 0.216. The van der Waals surface area contributed by atoms with Crippen LogP contribution in [0.2, 0.25) is 5.02 Å². The summed E-state index contributed by atoms with van der Waals surface area (Å²) >= 11 is 10.3. The van der Waals surface area contributed by atoms with E-state index >= 15 is 0 Å². The van der Waals surface area contributed by atoms with Gasteiger partial charge in [-0.2, -0.15) is 0 Å².